The lowest BCUT2D eigenvalue weighted by Gasteiger charge is -2.05. The normalized spacial score (nSPS) is 11.9. The Morgan fingerprint density at radius 2 is 2.27 bits per heavy atom. The summed E-state index contributed by atoms with van der Waals surface area (Å²) in [6, 6.07) is 0. The number of aromatic nitrogens is 2. The maximum Gasteiger partial charge on any atom is 0.212 e. The molecule has 1 heterocycles. The van der Waals surface area contributed by atoms with Crippen molar-refractivity contribution in [3.63, 3.8) is 0 Å². The summed E-state index contributed by atoms with van der Waals surface area (Å²) >= 11 is 0. The summed E-state index contributed by atoms with van der Waals surface area (Å²) in [5, 5.41) is 0. The molecule has 0 radical (unpaired) electrons. The van der Waals surface area contributed by atoms with Crippen molar-refractivity contribution in [2.24, 2.45) is 7.05 Å². The van der Waals surface area contributed by atoms with Crippen LogP contribution in [0.1, 0.15) is 25.6 Å². The second-order valence-electron chi connectivity index (χ2n) is 3.45. The summed E-state index contributed by atoms with van der Waals surface area (Å²) in [7, 11) is -1.30. The second-order valence-corrected chi connectivity index (χ2v) is 5.37. The monoisotopic (exact) mass is 231 g/mol. The quantitative estimate of drug-likeness (QED) is 0.781. The van der Waals surface area contributed by atoms with E-state index in [9.17, 15) is 8.42 Å². The van der Waals surface area contributed by atoms with Crippen LogP contribution in [-0.2, 0) is 23.6 Å². The largest absolute Gasteiger partial charge is 0.337 e. The summed E-state index contributed by atoms with van der Waals surface area (Å²) in [6.07, 6.45) is 5.00. The first kappa shape index (κ1) is 12.2. The summed E-state index contributed by atoms with van der Waals surface area (Å²) in [5.41, 5.74) is 0. The average Bonchev–Trinajstić information content (AvgIpc) is 2.58. The molecule has 1 aromatic rings. The van der Waals surface area contributed by atoms with Crippen LogP contribution in [0, 0.1) is 0 Å². The van der Waals surface area contributed by atoms with Crippen LogP contribution in [-0.4, -0.2) is 23.7 Å². The third-order valence-corrected chi connectivity index (χ3v) is 3.55. The molecule has 0 amide bonds. The highest BCUT2D eigenvalue weighted by Gasteiger charge is 2.10. The van der Waals surface area contributed by atoms with Gasteiger partial charge in [-0.05, 0) is 6.42 Å². The van der Waals surface area contributed by atoms with Crippen LogP contribution in [0.2, 0.25) is 0 Å². The number of rotatable bonds is 6. The van der Waals surface area contributed by atoms with Gasteiger partial charge in [0.2, 0.25) is 10.0 Å². The zero-order valence-electron chi connectivity index (χ0n) is 9.10. The smallest absolute Gasteiger partial charge is 0.212 e. The fourth-order valence-corrected chi connectivity index (χ4v) is 2.31. The molecular weight excluding hydrogens is 214 g/mol. The van der Waals surface area contributed by atoms with E-state index in [1.165, 1.54) is 0 Å². The maximum atomic E-state index is 11.4. The Morgan fingerprint density at radius 1 is 1.53 bits per heavy atom. The van der Waals surface area contributed by atoms with Gasteiger partial charge in [-0.2, -0.15) is 0 Å². The van der Waals surface area contributed by atoms with Crippen LogP contribution in [0.15, 0.2) is 12.4 Å². The fraction of sp³-hybridized carbons (Fsp3) is 0.667. The first-order chi connectivity index (χ1) is 7.05. The molecule has 0 fully saturated rings. The molecule has 0 aromatic carbocycles. The minimum absolute atomic E-state index is 0.188. The molecule has 0 aliphatic rings. The Bertz CT molecular complexity index is 397. The number of aryl methyl sites for hydroxylation is 1. The van der Waals surface area contributed by atoms with E-state index in [4.69, 9.17) is 0 Å². The maximum absolute atomic E-state index is 11.4. The highest BCUT2D eigenvalue weighted by molar-refractivity contribution is 7.89. The molecule has 5 nitrogen and oxygen atoms in total. The third kappa shape index (κ3) is 4.01. The molecule has 0 saturated heterocycles. The van der Waals surface area contributed by atoms with E-state index in [0.717, 1.165) is 12.2 Å². The number of nitrogens with zero attached hydrogens (tertiary/aromatic N) is 2. The summed E-state index contributed by atoms with van der Waals surface area (Å²) in [4.78, 5) is 4.04. The van der Waals surface area contributed by atoms with Gasteiger partial charge < -0.3 is 4.57 Å². The number of sulfonamides is 1. The Hall–Kier alpha value is -0.880. The van der Waals surface area contributed by atoms with Gasteiger partial charge in [0, 0.05) is 19.4 Å². The lowest BCUT2D eigenvalue weighted by atomic mass is 10.4. The predicted octanol–water partition coefficient (Wildman–Crippen LogP) is 0.640. The second kappa shape index (κ2) is 5.27. The topological polar surface area (TPSA) is 64.0 Å². The van der Waals surface area contributed by atoms with Crippen molar-refractivity contribution >= 4 is 10.0 Å². The Kier molecular flexibility index (Phi) is 4.28. The van der Waals surface area contributed by atoms with Crippen LogP contribution in [0.4, 0.5) is 0 Å². The van der Waals surface area contributed by atoms with Gasteiger partial charge in [-0.15, -0.1) is 0 Å². The molecule has 6 heteroatoms. The molecular formula is C9H17N3O2S. The van der Waals surface area contributed by atoms with Crippen molar-refractivity contribution in [3.05, 3.63) is 18.2 Å². The molecule has 1 rings (SSSR count). The molecule has 0 unspecified atom stereocenters. The summed E-state index contributed by atoms with van der Waals surface area (Å²) in [6.45, 7) is 2.23. The Balaban J connectivity index is 2.46. The van der Waals surface area contributed by atoms with Crippen molar-refractivity contribution in [2.45, 2.75) is 26.3 Å². The van der Waals surface area contributed by atoms with Crippen LogP contribution in [0.25, 0.3) is 0 Å². The lowest BCUT2D eigenvalue weighted by molar-refractivity contribution is 0.574. The number of imidazole rings is 1. The van der Waals surface area contributed by atoms with Crippen molar-refractivity contribution in [2.75, 3.05) is 5.75 Å². The molecule has 0 atom stereocenters. The standard InChI is InChI=1S/C9H17N3O2S/c1-3-4-7-15(13,14)11-8-9-10-5-6-12(9)2/h5-6,11H,3-4,7-8H2,1-2H3. The average molecular weight is 231 g/mol. The van der Waals surface area contributed by atoms with E-state index < -0.39 is 10.0 Å². The molecule has 0 aliphatic carbocycles. The lowest BCUT2D eigenvalue weighted by Crippen LogP contribution is -2.27. The van der Waals surface area contributed by atoms with E-state index in [2.05, 4.69) is 9.71 Å². The number of unbranched alkanes of at least 4 members (excludes halogenated alkanes) is 1. The van der Waals surface area contributed by atoms with E-state index in [-0.39, 0.29) is 12.3 Å². The van der Waals surface area contributed by atoms with Crippen molar-refractivity contribution in [1.82, 2.24) is 14.3 Å². The van der Waals surface area contributed by atoms with Gasteiger partial charge in [-0.1, -0.05) is 13.3 Å². The van der Waals surface area contributed by atoms with Crippen LogP contribution < -0.4 is 4.72 Å². The summed E-state index contributed by atoms with van der Waals surface area (Å²) in [5.74, 6) is 0.906. The van der Waals surface area contributed by atoms with Gasteiger partial charge in [0.05, 0.1) is 12.3 Å². The number of hydrogen-bond acceptors (Lipinski definition) is 3. The van der Waals surface area contributed by atoms with Gasteiger partial charge in [-0.3, -0.25) is 0 Å². The van der Waals surface area contributed by atoms with Gasteiger partial charge in [-0.25, -0.2) is 18.1 Å². The molecule has 0 spiro atoms. The molecule has 0 aliphatic heterocycles. The molecule has 0 bridgehead atoms. The van der Waals surface area contributed by atoms with E-state index in [0.29, 0.717) is 6.42 Å². The van der Waals surface area contributed by atoms with E-state index in [1.807, 2.05) is 14.0 Å². The van der Waals surface area contributed by atoms with Crippen LogP contribution in [0.5, 0.6) is 0 Å². The van der Waals surface area contributed by atoms with Crippen molar-refractivity contribution in [1.29, 1.82) is 0 Å². The first-order valence-electron chi connectivity index (χ1n) is 4.98. The minimum atomic E-state index is -3.14. The third-order valence-electron chi connectivity index (χ3n) is 2.14. The van der Waals surface area contributed by atoms with Crippen LogP contribution in [0.3, 0.4) is 0 Å². The molecule has 86 valence electrons. The molecule has 0 saturated carbocycles. The SMILES string of the molecule is CCCCS(=O)(=O)NCc1nccn1C. The van der Waals surface area contributed by atoms with Crippen molar-refractivity contribution < 1.29 is 8.42 Å². The molecule has 1 N–H and O–H groups in total. The van der Waals surface area contributed by atoms with Crippen molar-refractivity contribution in [3.8, 4) is 0 Å². The Morgan fingerprint density at radius 3 is 2.80 bits per heavy atom. The molecule has 1 aromatic heterocycles. The fourth-order valence-electron chi connectivity index (χ4n) is 1.15. The highest BCUT2D eigenvalue weighted by atomic mass is 32.2. The van der Waals surface area contributed by atoms with E-state index in [1.54, 1.807) is 17.0 Å². The number of hydrogen-bond donors (Lipinski definition) is 1. The van der Waals surface area contributed by atoms with Crippen LogP contribution >= 0.6 is 0 Å². The first-order valence-corrected chi connectivity index (χ1v) is 6.64. The number of nitrogens with one attached hydrogen (secondary N) is 1. The van der Waals surface area contributed by atoms with Gasteiger partial charge in [0.15, 0.2) is 0 Å². The highest BCUT2D eigenvalue weighted by Crippen LogP contribution is 1.97. The molecule has 15 heavy (non-hydrogen) atoms. The zero-order chi connectivity index (χ0) is 11.3. The van der Waals surface area contributed by atoms with Gasteiger partial charge >= 0.3 is 0 Å². The zero-order valence-corrected chi connectivity index (χ0v) is 9.92. The van der Waals surface area contributed by atoms with Gasteiger partial charge in [0.1, 0.15) is 5.82 Å². The Labute approximate surface area is 90.6 Å². The van der Waals surface area contributed by atoms with Gasteiger partial charge in [0.25, 0.3) is 0 Å². The van der Waals surface area contributed by atoms with E-state index >= 15 is 0 Å². The summed E-state index contributed by atoms with van der Waals surface area (Å²) < 4.78 is 27.2. The minimum Gasteiger partial charge on any atom is -0.337 e. The predicted molar refractivity (Wildman–Crippen MR) is 58.7 cm³/mol.